The van der Waals surface area contributed by atoms with Crippen LogP contribution >= 0.6 is 0 Å². The molecule has 0 aliphatic carbocycles. The number of carbonyl (C=O) groups is 2. The predicted octanol–water partition coefficient (Wildman–Crippen LogP) is 5.80. The van der Waals surface area contributed by atoms with E-state index in [2.05, 4.69) is 54.4 Å². The summed E-state index contributed by atoms with van der Waals surface area (Å²) in [5.74, 6) is -0.493. The maximum absolute atomic E-state index is 12.7. The second-order valence-electron chi connectivity index (χ2n) is 13.7. The van der Waals surface area contributed by atoms with Crippen molar-refractivity contribution in [2.75, 3.05) is 5.73 Å². The van der Waals surface area contributed by atoms with Crippen molar-refractivity contribution in [3.63, 3.8) is 0 Å². The van der Waals surface area contributed by atoms with Crippen LogP contribution in [0.25, 0.3) is 22.7 Å². The van der Waals surface area contributed by atoms with E-state index < -0.39 is 5.97 Å². The Kier molecular flexibility index (Phi) is 11.7. The summed E-state index contributed by atoms with van der Waals surface area (Å²) < 4.78 is 3.48. The zero-order chi connectivity index (χ0) is 39.9. The first kappa shape index (κ1) is 38.6. The van der Waals surface area contributed by atoms with E-state index in [1.54, 1.807) is 38.9 Å². The van der Waals surface area contributed by atoms with Gasteiger partial charge in [0.25, 0.3) is 0 Å². The highest BCUT2D eigenvalue weighted by Gasteiger charge is 2.19. The number of rotatable bonds is 9. The lowest BCUT2D eigenvalue weighted by molar-refractivity contribution is -0.117. The number of benzene rings is 2. The van der Waals surface area contributed by atoms with E-state index >= 15 is 0 Å². The topological polar surface area (TPSA) is 202 Å². The number of nitrogens with zero attached hydrogens (tertiary/aromatic N) is 12. The summed E-state index contributed by atoms with van der Waals surface area (Å²) in [6.45, 7) is 11.9. The average molecular weight is 754 g/mol. The Bertz CT molecular complexity index is 2550. The van der Waals surface area contributed by atoms with Crippen molar-refractivity contribution in [3.8, 4) is 11.4 Å². The number of nitrogens with two attached hydrogens (primary N) is 1. The lowest BCUT2D eigenvalue weighted by atomic mass is 9.98. The van der Waals surface area contributed by atoms with E-state index in [1.807, 2.05) is 99.1 Å². The molecule has 3 N–H and O–H groups in total. The number of Topliss-reactive ketones (excluding diaryl/α,β-unsaturated/α-hetero) is 1. The SMILES string of the molecule is Cc1cc2ncc(C(=O)O)c(C(C)C)n2n1.Cc1cc2ncc(CC(=O)Cc3ccc(-n4nccn4)cc3)c(C(C)C)n2n1.Nc1ccc(-n2nccn2)cc1. The van der Waals surface area contributed by atoms with Crippen molar-refractivity contribution in [3.05, 3.63) is 137 Å². The molecule has 0 aliphatic rings. The van der Waals surface area contributed by atoms with Crippen molar-refractivity contribution in [2.24, 2.45) is 0 Å². The van der Waals surface area contributed by atoms with Gasteiger partial charge in [-0.1, -0.05) is 39.8 Å². The normalized spacial score (nSPS) is 11.1. The molecular formula is C40H43N13O3. The molecule has 0 amide bonds. The number of fused-ring (bicyclic) bond motifs is 2. The van der Waals surface area contributed by atoms with Crippen LogP contribution < -0.4 is 5.73 Å². The number of anilines is 1. The molecule has 8 aromatic rings. The van der Waals surface area contributed by atoms with Gasteiger partial charge >= 0.3 is 5.97 Å². The van der Waals surface area contributed by atoms with Crippen LogP contribution in [0, 0.1) is 13.8 Å². The minimum Gasteiger partial charge on any atom is -0.478 e. The fourth-order valence-electron chi connectivity index (χ4n) is 6.19. The molecule has 0 saturated carbocycles. The van der Waals surface area contributed by atoms with E-state index in [0.29, 0.717) is 24.2 Å². The minimum atomic E-state index is -0.966. The molecule has 0 spiro atoms. The van der Waals surface area contributed by atoms with Crippen LogP contribution in [0.1, 0.15) is 83.8 Å². The quantitative estimate of drug-likeness (QED) is 0.168. The second-order valence-corrected chi connectivity index (χ2v) is 13.7. The molecule has 16 heteroatoms. The van der Waals surface area contributed by atoms with Crippen molar-refractivity contribution in [1.82, 2.24) is 59.2 Å². The van der Waals surface area contributed by atoms with Gasteiger partial charge < -0.3 is 10.8 Å². The maximum Gasteiger partial charge on any atom is 0.339 e. The molecule has 0 saturated heterocycles. The van der Waals surface area contributed by atoms with Crippen molar-refractivity contribution in [1.29, 1.82) is 0 Å². The summed E-state index contributed by atoms with van der Waals surface area (Å²) in [6.07, 6.45) is 10.5. The van der Waals surface area contributed by atoms with E-state index in [0.717, 1.165) is 50.9 Å². The Hall–Kier alpha value is -7.10. The van der Waals surface area contributed by atoms with Crippen LogP contribution in [0.3, 0.4) is 0 Å². The molecule has 0 fully saturated rings. The Labute approximate surface area is 322 Å². The number of carbonyl (C=O) groups excluding carboxylic acids is 1. The molecule has 0 atom stereocenters. The van der Waals surface area contributed by atoms with Gasteiger partial charge in [-0.2, -0.15) is 40.2 Å². The molecule has 6 aromatic heterocycles. The van der Waals surface area contributed by atoms with E-state index in [9.17, 15) is 9.59 Å². The number of hydrogen-bond donors (Lipinski definition) is 2. The van der Waals surface area contributed by atoms with Crippen molar-refractivity contribution in [2.45, 2.75) is 66.2 Å². The number of aryl methyl sites for hydroxylation is 2. The standard InChI is InChI=1S/C21H22N6O.C11H13N3O2.C8H8N4/c1-14(2)21-17(13-22-20-10-15(3)25-26(20)21)12-19(28)11-16-4-6-18(7-5-16)27-23-8-9-24-27;1-6(2)10-8(11(15)16)5-12-9-4-7(3)13-14(9)10;9-7-1-3-8(4-2-7)12-10-5-6-11-12/h4-10,13-14H,11-12H2,1-3H3;4-6H,1-3H3,(H,15,16);1-6H,9H2. The summed E-state index contributed by atoms with van der Waals surface area (Å²) >= 11 is 0. The molecule has 8 rings (SSSR count). The molecule has 2 aromatic carbocycles. The average Bonchev–Trinajstić information content (AvgIpc) is 3.99. The van der Waals surface area contributed by atoms with Gasteiger partial charge in [-0.15, -0.1) is 0 Å². The van der Waals surface area contributed by atoms with Gasteiger partial charge in [0.1, 0.15) is 5.78 Å². The first-order valence-electron chi connectivity index (χ1n) is 18.0. The van der Waals surface area contributed by atoms with Crippen molar-refractivity contribution >= 4 is 28.7 Å². The van der Waals surface area contributed by atoms with E-state index in [1.165, 1.54) is 6.20 Å². The first-order valence-corrected chi connectivity index (χ1v) is 18.0. The summed E-state index contributed by atoms with van der Waals surface area (Å²) in [5.41, 5.74) is 15.2. The third-order valence-electron chi connectivity index (χ3n) is 8.61. The van der Waals surface area contributed by atoms with Crippen molar-refractivity contribution < 1.29 is 14.7 Å². The third kappa shape index (κ3) is 8.98. The zero-order valence-corrected chi connectivity index (χ0v) is 32.0. The molecule has 56 heavy (non-hydrogen) atoms. The number of carboxylic acids is 1. The number of nitrogen functional groups attached to an aromatic ring is 1. The van der Waals surface area contributed by atoms with Gasteiger partial charge in [-0.25, -0.2) is 23.8 Å². The van der Waals surface area contributed by atoms with Crippen LogP contribution in [0.2, 0.25) is 0 Å². The van der Waals surface area contributed by atoms with E-state index in [4.69, 9.17) is 10.8 Å². The molecule has 0 radical (unpaired) electrons. The largest absolute Gasteiger partial charge is 0.478 e. The fraction of sp³-hybridized carbons (Fsp3) is 0.250. The highest BCUT2D eigenvalue weighted by Crippen LogP contribution is 2.23. The number of carboxylic acid groups (broad SMARTS) is 1. The summed E-state index contributed by atoms with van der Waals surface area (Å²) in [6, 6.07) is 18.9. The first-order chi connectivity index (χ1) is 26.9. The lowest BCUT2D eigenvalue weighted by Crippen LogP contribution is -2.13. The molecule has 16 nitrogen and oxygen atoms in total. The Morgan fingerprint density at radius 3 is 1.61 bits per heavy atom. The molecule has 0 aliphatic heterocycles. The molecule has 0 bridgehead atoms. The van der Waals surface area contributed by atoms with Crippen LogP contribution in [0.5, 0.6) is 0 Å². The Morgan fingerprint density at radius 2 is 1.12 bits per heavy atom. The highest BCUT2D eigenvalue weighted by atomic mass is 16.4. The summed E-state index contributed by atoms with van der Waals surface area (Å²) in [4.78, 5) is 35.5. The smallest absolute Gasteiger partial charge is 0.339 e. The molecule has 0 unspecified atom stereocenters. The molecular weight excluding hydrogens is 711 g/mol. The van der Waals surface area contributed by atoms with Crippen LogP contribution in [0.15, 0.2) is 97.8 Å². The number of hydrogen-bond acceptors (Lipinski definition) is 11. The third-order valence-corrected chi connectivity index (χ3v) is 8.61. The minimum absolute atomic E-state index is 0.0795. The van der Waals surface area contributed by atoms with Crippen LogP contribution in [-0.4, -0.2) is 76.0 Å². The van der Waals surface area contributed by atoms with E-state index in [-0.39, 0.29) is 23.2 Å². The monoisotopic (exact) mass is 753 g/mol. The van der Waals surface area contributed by atoms with Gasteiger partial charge in [-0.05, 0) is 73.2 Å². The number of aromatic carboxylic acids is 1. The second kappa shape index (κ2) is 16.9. The number of ketones is 1. The molecule has 286 valence electrons. The highest BCUT2D eigenvalue weighted by molar-refractivity contribution is 5.89. The Morgan fingerprint density at radius 1 is 0.661 bits per heavy atom. The summed E-state index contributed by atoms with van der Waals surface area (Å²) in [7, 11) is 0. The molecule has 6 heterocycles. The van der Waals surface area contributed by atoms with Gasteiger partial charge in [-0.3, -0.25) is 4.79 Å². The lowest BCUT2D eigenvalue weighted by Gasteiger charge is -2.14. The maximum atomic E-state index is 12.7. The van der Waals surface area contributed by atoms with Crippen LogP contribution in [-0.2, 0) is 17.6 Å². The number of aromatic nitrogens is 12. The predicted molar refractivity (Wildman–Crippen MR) is 210 cm³/mol. The van der Waals surface area contributed by atoms with Crippen LogP contribution in [0.4, 0.5) is 5.69 Å². The summed E-state index contributed by atoms with van der Waals surface area (Å²) in [5, 5.41) is 34.1. The van der Waals surface area contributed by atoms with Gasteiger partial charge in [0.15, 0.2) is 11.3 Å². The van der Waals surface area contributed by atoms with Gasteiger partial charge in [0.2, 0.25) is 0 Å². The van der Waals surface area contributed by atoms with Gasteiger partial charge in [0.05, 0.1) is 64.5 Å². The zero-order valence-electron chi connectivity index (χ0n) is 32.0. The van der Waals surface area contributed by atoms with Gasteiger partial charge in [0, 0.05) is 43.1 Å². The Balaban J connectivity index is 0.000000159. The fourth-order valence-corrected chi connectivity index (χ4v) is 6.19.